The Bertz CT molecular complexity index is 565. The van der Waals surface area contributed by atoms with Crippen LogP contribution in [-0.4, -0.2) is 32.2 Å². The molecule has 0 aliphatic carbocycles. The molecule has 2 aromatic heterocycles. The number of aromatic nitrogens is 3. The van der Waals surface area contributed by atoms with Gasteiger partial charge >= 0.3 is 5.97 Å². The lowest BCUT2D eigenvalue weighted by molar-refractivity contribution is 0.0695. The first-order valence-electron chi connectivity index (χ1n) is 6.02. The Labute approximate surface area is 111 Å². The average molecular weight is 260 g/mol. The Morgan fingerprint density at radius 2 is 2.26 bits per heavy atom. The summed E-state index contributed by atoms with van der Waals surface area (Å²) in [5.74, 6) is 0.0426. The van der Waals surface area contributed by atoms with E-state index in [0.29, 0.717) is 12.2 Å². The molecule has 100 valence electrons. The lowest BCUT2D eigenvalue weighted by Crippen LogP contribution is -2.20. The molecule has 6 nitrogen and oxygen atoms in total. The Morgan fingerprint density at radius 3 is 2.95 bits per heavy atom. The zero-order chi connectivity index (χ0) is 13.7. The van der Waals surface area contributed by atoms with Crippen LogP contribution in [0.5, 0.6) is 0 Å². The summed E-state index contributed by atoms with van der Waals surface area (Å²) < 4.78 is 1.96. The van der Waals surface area contributed by atoms with Crippen molar-refractivity contribution in [2.45, 2.75) is 13.0 Å². The van der Waals surface area contributed by atoms with E-state index in [0.717, 1.165) is 18.8 Å². The average Bonchev–Trinajstić information content (AvgIpc) is 2.80. The highest BCUT2D eigenvalue weighted by atomic mass is 16.4. The minimum absolute atomic E-state index is 0.243. The number of carboxylic acid groups (broad SMARTS) is 1. The van der Waals surface area contributed by atoms with Gasteiger partial charge in [0.1, 0.15) is 5.82 Å². The van der Waals surface area contributed by atoms with Crippen LogP contribution in [0.4, 0.5) is 0 Å². The van der Waals surface area contributed by atoms with E-state index < -0.39 is 5.97 Å². The summed E-state index contributed by atoms with van der Waals surface area (Å²) in [6.07, 6.45) is 6.05. The van der Waals surface area contributed by atoms with Crippen molar-refractivity contribution >= 4 is 5.97 Å². The van der Waals surface area contributed by atoms with Gasteiger partial charge in [-0.2, -0.15) is 0 Å². The predicted molar refractivity (Wildman–Crippen MR) is 69.8 cm³/mol. The third-order valence-corrected chi connectivity index (χ3v) is 2.86. The van der Waals surface area contributed by atoms with Gasteiger partial charge in [-0.15, -0.1) is 0 Å². The maximum absolute atomic E-state index is 11.0. The van der Waals surface area contributed by atoms with Crippen LogP contribution in [0.2, 0.25) is 0 Å². The number of imidazole rings is 1. The van der Waals surface area contributed by atoms with Crippen molar-refractivity contribution in [2.24, 2.45) is 7.05 Å². The molecule has 2 N–H and O–H groups in total. The molecule has 0 saturated heterocycles. The smallest absolute Gasteiger partial charge is 0.337 e. The Hall–Kier alpha value is -2.21. The number of aromatic carboxylic acids is 1. The van der Waals surface area contributed by atoms with Crippen LogP contribution in [0.15, 0.2) is 30.7 Å². The van der Waals surface area contributed by atoms with Crippen molar-refractivity contribution < 1.29 is 9.90 Å². The lowest BCUT2D eigenvalue weighted by atomic mass is 10.2. The molecule has 0 aliphatic heterocycles. The number of carboxylic acids is 1. The minimum Gasteiger partial charge on any atom is -0.478 e. The number of hydrogen-bond donors (Lipinski definition) is 2. The molecule has 2 aromatic rings. The van der Waals surface area contributed by atoms with Gasteiger partial charge in [-0.1, -0.05) is 0 Å². The predicted octanol–water partition coefficient (Wildman–Crippen LogP) is 0.846. The maximum atomic E-state index is 11.0. The van der Waals surface area contributed by atoms with Crippen LogP contribution < -0.4 is 5.32 Å². The highest BCUT2D eigenvalue weighted by Crippen LogP contribution is 2.04. The normalized spacial score (nSPS) is 10.6. The summed E-state index contributed by atoms with van der Waals surface area (Å²) in [7, 11) is 1.95. The van der Waals surface area contributed by atoms with E-state index in [1.54, 1.807) is 24.5 Å². The van der Waals surface area contributed by atoms with Gasteiger partial charge in [-0.3, -0.25) is 4.98 Å². The summed E-state index contributed by atoms with van der Waals surface area (Å²) in [5, 5.41) is 12.2. The molecule has 0 radical (unpaired) electrons. The second-order valence-corrected chi connectivity index (χ2v) is 4.18. The number of aryl methyl sites for hydroxylation is 1. The van der Waals surface area contributed by atoms with Gasteiger partial charge in [0.2, 0.25) is 0 Å². The molecule has 19 heavy (non-hydrogen) atoms. The number of rotatable bonds is 6. The summed E-state index contributed by atoms with van der Waals surface area (Å²) in [4.78, 5) is 19.3. The Kier molecular flexibility index (Phi) is 4.25. The zero-order valence-corrected chi connectivity index (χ0v) is 10.7. The van der Waals surface area contributed by atoms with E-state index in [1.165, 1.54) is 0 Å². The minimum atomic E-state index is -0.950. The van der Waals surface area contributed by atoms with E-state index in [-0.39, 0.29) is 5.56 Å². The van der Waals surface area contributed by atoms with Crippen LogP contribution in [-0.2, 0) is 20.0 Å². The van der Waals surface area contributed by atoms with Gasteiger partial charge in [0.25, 0.3) is 0 Å². The first kappa shape index (κ1) is 13.2. The first-order valence-corrected chi connectivity index (χ1v) is 6.02. The number of nitrogens with one attached hydrogen (secondary N) is 1. The molecule has 0 aromatic carbocycles. The fourth-order valence-electron chi connectivity index (χ4n) is 1.82. The number of nitrogens with zero attached hydrogens (tertiary/aromatic N) is 3. The van der Waals surface area contributed by atoms with Crippen LogP contribution in [0.25, 0.3) is 0 Å². The molecular weight excluding hydrogens is 244 g/mol. The van der Waals surface area contributed by atoms with Gasteiger partial charge < -0.3 is 15.0 Å². The third kappa shape index (κ3) is 3.38. The topological polar surface area (TPSA) is 80.0 Å². The van der Waals surface area contributed by atoms with Crippen molar-refractivity contribution in [3.05, 3.63) is 47.8 Å². The summed E-state index contributed by atoms with van der Waals surface area (Å²) in [5.41, 5.74) is 0.793. The van der Waals surface area contributed by atoms with Crippen molar-refractivity contribution in [1.29, 1.82) is 0 Å². The standard InChI is InChI=1S/C13H16N4O2/c1-17-8-7-16-12(17)4-6-14-9-11-10(13(18)19)3-2-5-15-11/h2-3,5,7-8,14H,4,6,9H2,1H3,(H,18,19). The molecule has 6 heteroatoms. The monoisotopic (exact) mass is 260 g/mol. The van der Waals surface area contributed by atoms with Crippen molar-refractivity contribution in [2.75, 3.05) is 6.54 Å². The highest BCUT2D eigenvalue weighted by Gasteiger charge is 2.09. The van der Waals surface area contributed by atoms with E-state index in [1.807, 2.05) is 17.8 Å². The SMILES string of the molecule is Cn1ccnc1CCNCc1ncccc1C(=O)O. The summed E-state index contributed by atoms with van der Waals surface area (Å²) >= 11 is 0. The van der Waals surface area contributed by atoms with Crippen LogP contribution >= 0.6 is 0 Å². The molecule has 0 bridgehead atoms. The highest BCUT2D eigenvalue weighted by molar-refractivity contribution is 5.88. The molecule has 0 amide bonds. The maximum Gasteiger partial charge on any atom is 0.337 e. The molecule has 0 atom stereocenters. The second kappa shape index (κ2) is 6.10. The second-order valence-electron chi connectivity index (χ2n) is 4.18. The largest absolute Gasteiger partial charge is 0.478 e. The van der Waals surface area contributed by atoms with Crippen molar-refractivity contribution in [1.82, 2.24) is 19.9 Å². The fourth-order valence-corrected chi connectivity index (χ4v) is 1.82. The zero-order valence-electron chi connectivity index (χ0n) is 10.7. The summed E-state index contributed by atoms with van der Waals surface area (Å²) in [6, 6.07) is 3.19. The number of hydrogen-bond acceptors (Lipinski definition) is 4. The van der Waals surface area contributed by atoms with Gasteiger partial charge in [0.05, 0.1) is 11.3 Å². The third-order valence-electron chi connectivity index (χ3n) is 2.86. The quantitative estimate of drug-likeness (QED) is 0.752. The van der Waals surface area contributed by atoms with Crippen molar-refractivity contribution in [3.8, 4) is 0 Å². The lowest BCUT2D eigenvalue weighted by Gasteiger charge is -2.07. The van der Waals surface area contributed by atoms with Crippen LogP contribution in [0.3, 0.4) is 0 Å². The van der Waals surface area contributed by atoms with E-state index in [2.05, 4.69) is 15.3 Å². The van der Waals surface area contributed by atoms with E-state index in [9.17, 15) is 4.79 Å². The van der Waals surface area contributed by atoms with Gasteiger partial charge in [0, 0.05) is 45.1 Å². The van der Waals surface area contributed by atoms with Gasteiger partial charge in [0.15, 0.2) is 0 Å². The van der Waals surface area contributed by atoms with E-state index in [4.69, 9.17) is 5.11 Å². The number of carbonyl (C=O) groups is 1. The molecular formula is C13H16N4O2. The van der Waals surface area contributed by atoms with E-state index >= 15 is 0 Å². The van der Waals surface area contributed by atoms with Gasteiger partial charge in [-0.05, 0) is 12.1 Å². The first-order chi connectivity index (χ1) is 9.18. The molecule has 0 spiro atoms. The van der Waals surface area contributed by atoms with Gasteiger partial charge in [-0.25, -0.2) is 9.78 Å². The molecule has 2 rings (SSSR count). The molecule has 0 fully saturated rings. The van der Waals surface area contributed by atoms with Crippen molar-refractivity contribution in [3.63, 3.8) is 0 Å². The molecule has 0 saturated carbocycles. The summed E-state index contributed by atoms with van der Waals surface area (Å²) in [6.45, 7) is 1.16. The molecule has 0 unspecified atom stereocenters. The Morgan fingerprint density at radius 1 is 1.42 bits per heavy atom. The molecule has 2 heterocycles. The van der Waals surface area contributed by atoms with Crippen LogP contribution in [0.1, 0.15) is 21.9 Å². The Balaban J connectivity index is 1.86. The van der Waals surface area contributed by atoms with Crippen LogP contribution in [0, 0.1) is 0 Å². The molecule has 0 aliphatic rings. The number of pyridine rings is 1. The fraction of sp³-hybridized carbons (Fsp3) is 0.308.